The fourth-order valence-electron chi connectivity index (χ4n) is 1.28. The minimum atomic E-state index is 0.0450. The molecule has 3 N–H and O–H groups in total. The summed E-state index contributed by atoms with van der Waals surface area (Å²) in [4.78, 5) is 21.2. The van der Waals surface area contributed by atoms with E-state index >= 15 is 0 Å². The van der Waals surface area contributed by atoms with Crippen LogP contribution in [0, 0.1) is 0 Å². The number of hydrogen-bond acceptors (Lipinski definition) is 5. The summed E-state index contributed by atoms with van der Waals surface area (Å²) in [7, 11) is 0. The molecule has 1 aromatic rings. The molecule has 0 radical (unpaired) electrons. The topological polar surface area (TPSA) is 84.1 Å². The number of hydrogen-bond donors (Lipinski definition) is 2. The van der Waals surface area contributed by atoms with Crippen molar-refractivity contribution in [2.24, 2.45) is 0 Å². The first-order chi connectivity index (χ1) is 7.67. The molecule has 0 atom stereocenters. The van der Waals surface area contributed by atoms with Crippen LogP contribution in [-0.2, 0) is 4.79 Å². The largest absolute Gasteiger partial charge is 0.382 e. The quantitative estimate of drug-likeness (QED) is 0.752. The maximum Gasteiger partial charge on any atom is 0.241 e. The van der Waals surface area contributed by atoms with Crippen LogP contribution >= 0.6 is 0 Å². The van der Waals surface area contributed by atoms with Gasteiger partial charge in [-0.2, -0.15) is 0 Å². The van der Waals surface area contributed by atoms with E-state index in [1.165, 1.54) is 12.4 Å². The highest BCUT2D eigenvalue weighted by molar-refractivity contribution is 5.80. The van der Waals surface area contributed by atoms with E-state index < -0.39 is 0 Å². The van der Waals surface area contributed by atoms with E-state index in [4.69, 9.17) is 5.73 Å². The Labute approximate surface area is 94.9 Å². The van der Waals surface area contributed by atoms with Gasteiger partial charge in [0.25, 0.3) is 0 Å². The first kappa shape index (κ1) is 12.2. The molecular formula is C10H17N5O. The van der Waals surface area contributed by atoms with E-state index in [0.29, 0.717) is 24.7 Å². The number of anilines is 2. The molecule has 0 unspecified atom stereocenters. The van der Waals surface area contributed by atoms with Gasteiger partial charge in [0, 0.05) is 13.1 Å². The fraction of sp³-hybridized carbons (Fsp3) is 0.500. The Morgan fingerprint density at radius 1 is 1.38 bits per heavy atom. The average molecular weight is 223 g/mol. The number of rotatable bonds is 5. The lowest BCUT2D eigenvalue weighted by molar-refractivity contribution is -0.128. The summed E-state index contributed by atoms with van der Waals surface area (Å²) in [6.07, 6.45) is 2.95. The predicted molar refractivity (Wildman–Crippen MR) is 62.9 cm³/mol. The molecule has 0 spiro atoms. The SMILES string of the molecule is CCN(CC)C(=O)CNc1cnc(N)cn1. The van der Waals surface area contributed by atoms with Crippen molar-refractivity contribution in [3.8, 4) is 0 Å². The Hall–Kier alpha value is -1.85. The summed E-state index contributed by atoms with van der Waals surface area (Å²) >= 11 is 0. The summed E-state index contributed by atoms with van der Waals surface area (Å²) in [6, 6.07) is 0. The van der Waals surface area contributed by atoms with Crippen molar-refractivity contribution >= 4 is 17.5 Å². The van der Waals surface area contributed by atoms with Crippen molar-refractivity contribution in [3.63, 3.8) is 0 Å². The Morgan fingerprint density at radius 2 is 2.06 bits per heavy atom. The summed E-state index contributed by atoms with van der Waals surface area (Å²) in [5.41, 5.74) is 5.40. The zero-order valence-electron chi connectivity index (χ0n) is 9.60. The third-order valence-corrected chi connectivity index (χ3v) is 2.21. The molecule has 0 saturated carbocycles. The van der Waals surface area contributed by atoms with Crippen LogP contribution in [-0.4, -0.2) is 40.4 Å². The summed E-state index contributed by atoms with van der Waals surface area (Å²) in [5, 5.41) is 2.90. The zero-order valence-corrected chi connectivity index (χ0v) is 9.60. The van der Waals surface area contributed by atoms with Crippen LogP contribution in [0.2, 0.25) is 0 Å². The van der Waals surface area contributed by atoms with Crippen LogP contribution in [0.25, 0.3) is 0 Å². The van der Waals surface area contributed by atoms with Gasteiger partial charge in [-0.1, -0.05) is 0 Å². The second-order valence-electron chi connectivity index (χ2n) is 3.25. The van der Waals surface area contributed by atoms with Crippen LogP contribution in [0.1, 0.15) is 13.8 Å². The minimum absolute atomic E-state index is 0.0450. The van der Waals surface area contributed by atoms with Crippen molar-refractivity contribution in [1.82, 2.24) is 14.9 Å². The summed E-state index contributed by atoms with van der Waals surface area (Å²) in [6.45, 7) is 5.55. The van der Waals surface area contributed by atoms with Crippen molar-refractivity contribution in [2.75, 3.05) is 30.7 Å². The molecule has 0 bridgehead atoms. The maximum absolute atomic E-state index is 11.6. The van der Waals surface area contributed by atoms with Gasteiger partial charge in [0.2, 0.25) is 5.91 Å². The molecule has 0 aliphatic heterocycles. The van der Waals surface area contributed by atoms with Gasteiger partial charge in [-0.15, -0.1) is 0 Å². The number of amides is 1. The number of aromatic nitrogens is 2. The molecule has 88 valence electrons. The van der Waals surface area contributed by atoms with E-state index in [-0.39, 0.29) is 12.5 Å². The average Bonchev–Trinajstić information content (AvgIpc) is 2.30. The van der Waals surface area contributed by atoms with Gasteiger partial charge in [0.15, 0.2) is 0 Å². The Bertz CT molecular complexity index is 334. The molecule has 1 heterocycles. The molecule has 0 aliphatic rings. The smallest absolute Gasteiger partial charge is 0.241 e. The molecule has 0 saturated heterocycles. The van der Waals surface area contributed by atoms with E-state index in [2.05, 4.69) is 15.3 Å². The summed E-state index contributed by atoms with van der Waals surface area (Å²) in [5.74, 6) is 0.957. The molecule has 6 nitrogen and oxygen atoms in total. The molecular weight excluding hydrogens is 206 g/mol. The highest BCUT2D eigenvalue weighted by Crippen LogP contribution is 2.01. The van der Waals surface area contributed by atoms with Gasteiger partial charge in [-0.25, -0.2) is 9.97 Å². The molecule has 1 rings (SSSR count). The van der Waals surface area contributed by atoms with Gasteiger partial charge in [0.1, 0.15) is 11.6 Å². The summed E-state index contributed by atoms with van der Waals surface area (Å²) < 4.78 is 0. The number of nitrogens with one attached hydrogen (secondary N) is 1. The van der Waals surface area contributed by atoms with E-state index in [1.54, 1.807) is 4.90 Å². The van der Waals surface area contributed by atoms with Crippen molar-refractivity contribution in [2.45, 2.75) is 13.8 Å². The Morgan fingerprint density at radius 3 is 2.56 bits per heavy atom. The number of nitrogens with zero attached hydrogens (tertiary/aromatic N) is 3. The number of carbonyl (C=O) groups excluding carboxylic acids is 1. The van der Waals surface area contributed by atoms with Gasteiger partial charge >= 0.3 is 0 Å². The minimum Gasteiger partial charge on any atom is -0.382 e. The lowest BCUT2D eigenvalue weighted by Gasteiger charge is -2.18. The second-order valence-corrected chi connectivity index (χ2v) is 3.25. The molecule has 0 aliphatic carbocycles. The monoisotopic (exact) mass is 223 g/mol. The number of carbonyl (C=O) groups is 1. The van der Waals surface area contributed by atoms with Gasteiger partial charge in [0.05, 0.1) is 18.9 Å². The van der Waals surface area contributed by atoms with Gasteiger partial charge < -0.3 is 16.0 Å². The number of likely N-dealkylation sites (N-methyl/N-ethyl adjacent to an activating group) is 1. The molecule has 1 aromatic heterocycles. The number of nitrogens with two attached hydrogens (primary N) is 1. The highest BCUT2D eigenvalue weighted by atomic mass is 16.2. The van der Waals surface area contributed by atoms with Crippen LogP contribution in [0.4, 0.5) is 11.6 Å². The van der Waals surface area contributed by atoms with Crippen LogP contribution in [0.5, 0.6) is 0 Å². The normalized spacial score (nSPS) is 9.88. The predicted octanol–water partition coefficient (Wildman–Crippen LogP) is 0.339. The standard InChI is InChI=1S/C10H17N5O/c1-3-15(4-2)10(16)7-14-9-6-12-8(11)5-13-9/h5-6H,3-4,7H2,1-2H3,(H2,11,12)(H,13,14). The van der Waals surface area contributed by atoms with Crippen LogP contribution in [0.3, 0.4) is 0 Å². The van der Waals surface area contributed by atoms with E-state index in [9.17, 15) is 4.79 Å². The van der Waals surface area contributed by atoms with Gasteiger partial charge in [-0.05, 0) is 13.8 Å². The van der Waals surface area contributed by atoms with Crippen molar-refractivity contribution < 1.29 is 4.79 Å². The highest BCUT2D eigenvalue weighted by Gasteiger charge is 2.08. The fourth-order valence-corrected chi connectivity index (χ4v) is 1.28. The number of nitrogen functional groups attached to an aromatic ring is 1. The third-order valence-electron chi connectivity index (χ3n) is 2.21. The maximum atomic E-state index is 11.6. The molecule has 1 amide bonds. The molecule has 0 fully saturated rings. The lowest BCUT2D eigenvalue weighted by atomic mass is 10.4. The van der Waals surface area contributed by atoms with Crippen LogP contribution in [0.15, 0.2) is 12.4 Å². The first-order valence-electron chi connectivity index (χ1n) is 5.26. The van der Waals surface area contributed by atoms with Gasteiger partial charge in [-0.3, -0.25) is 4.79 Å². The lowest BCUT2D eigenvalue weighted by Crippen LogP contribution is -2.35. The first-order valence-corrected chi connectivity index (χ1v) is 5.26. The van der Waals surface area contributed by atoms with E-state index in [0.717, 1.165) is 0 Å². The molecule has 6 heteroatoms. The van der Waals surface area contributed by atoms with E-state index in [1.807, 2.05) is 13.8 Å². The Balaban J connectivity index is 2.45. The van der Waals surface area contributed by atoms with Crippen molar-refractivity contribution in [1.29, 1.82) is 0 Å². The molecule has 16 heavy (non-hydrogen) atoms. The molecule has 0 aromatic carbocycles. The third kappa shape index (κ3) is 3.38. The Kier molecular flexibility index (Phi) is 4.50. The second kappa shape index (κ2) is 5.89. The zero-order chi connectivity index (χ0) is 12.0. The van der Waals surface area contributed by atoms with Crippen molar-refractivity contribution in [3.05, 3.63) is 12.4 Å². The van der Waals surface area contributed by atoms with Crippen LogP contribution < -0.4 is 11.1 Å².